The molecule has 0 N–H and O–H groups in total. The Hall–Kier alpha value is -1.40. The maximum absolute atomic E-state index is 11.8. The molecule has 5 nitrogen and oxygen atoms in total. The summed E-state index contributed by atoms with van der Waals surface area (Å²) >= 11 is 1.62. The minimum Gasteiger partial charge on any atom is -0.466 e. The maximum atomic E-state index is 11.8. The summed E-state index contributed by atoms with van der Waals surface area (Å²) in [6, 6.07) is 1.09. The van der Waals surface area contributed by atoms with Crippen LogP contribution in [0.4, 0.5) is 0 Å². The van der Waals surface area contributed by atoms with Crippen molar-refractivity contribution in [1.82, 2.24) is 14.3 Å². The van der Waals surface area contributed by atoms with Gasteiger partial charge in [0.05, 0.1) is 30.5 Å². The third-order valence-electron chi connectivity index (χ3n) is 4.76. The summed E-state index contributed by atoms with van der Waals surface area (Å²) in [7, 11) is 2.21. The Morgan fingerprint density at radius 2 is 2.38 bits per heavy atom. The van der Waals surface area contributed by atoms with Gasteiger partial charge in [0.2, 0.25) is 0 Å². The molecule has 21 heavy (non-hydrogen) atoms. The van der Waals surface area contributed by atoms with Gasteiger partial charge in [0.1, 0.15) is 0 Å². The number of imidazole rings is 1. The van der Waals surface area contributed by atoms with Crippen LogP contribution in [0.2, 0.25) is 0 Å². The largest absolute Gasteiger partial charge is 0.466 e. The molecule has 2 atom stereocenters. The van der Waals surface area contributed by atoms with E-state index < -0.39 is 0 Å². The van der Waals surface area contributed by atoms with E-state index in [0.717, 1.165) is 17.1 Å². The van der Waals surface area contributed by atoms with Gasteiger partial charge in [0, 0.05) is 23.5 Å². The van der Waals surface area contributed by atoms with Crippen LogP contribution in [0.25, 0.3) is 4.96 Å². The van der Waals surface area contributed by atoms with E-state index in [4.69, 9.17) is 9.72 Å². The molecule has 0 aliphatic carbocycles. The molecule has 2 bridgehead atoms. The summed E-state index contributed by atoms with van der Waals surface area (Å²) in [5, 5.41) is 2.04. The van der Waals surface area contributed by atoms with Crippen LogP contribution >= 0.6 is 11.3 Å². The second kappa shape index (κ2) is 4.81. The summed E-state index contributed by atoms with van der Waals surface area (Å²) in [5.74, 6) is -0.159. The Bertz CT molecular complexity index is 705. The zero-order valence-corrected chi connectivity index (χ0v) is 13.2. The van der Waals surface area contributed by atoms with Gasteiger partial charge in [-0.1, -0.05) is 0 Å². The van der Waals surface area contributed by atoms with Crippen molar-refractivity contribution in [2.75, 3.05) is 13.7 Å². The number of hydrogen-bond donors (Lipinski definition) is 0. The molecule has 112 valence electrons. The molecule has 2 aromatic heterocycles. The van der Waals surface area contributed by atoms with Crippen LogP contribution in [-0.4, -0.2) is 40.0 Å². The Balaban J connectivity index is 1.78. The zero-order chi connectivity index (χ0) is 14.6. The number of carbonyl (C=O) groups excluding carboxylic acids is 1. The van der Waals surface area contributed by atoms with Crippen molar-refractivity contribution in [3.63, 3.8) is 0 Å². The predicted molar refractivity (Wildman–Crippen MR) is 80.6 cm³/mol. The van der Waals surface area contributed by atoms with Crippen molar-refractivity contribution in [2.24, 2.45) is 0 Å². The van der Waals surface area contributed by atoms with Crippen molar-refractivity contribution < 1.29 is 9.53 Å². The first-order valence-corrected chi connectivity index (χ1v) is 8.42. The summed E-state index contributed by atoms with van der Waals surface area (Å²) in [6.07, 6.45) is 3.81. The van der Waals surface area contributed by atoms with Gasteiger partial charge in [-0.25, -0.2) is 4.98 Å². The van der Waals surface area contributed by atoms with Gasteiger partial charge in [0.25, 0.3) is 0 Å². The normalized spacial score (nSPS) is 24.5. The Morgan fingerprint density at radius 1 is 1.52 bits per heavy atom. The average molecular weight is 305 g/mol. The van der Waals surface area contributed by atoms with Crippen LogP contribution in [0.15, 0.2) is 5.38 Å². The highest BCUT2D eigenvalue weighted by molar-refractivity contribution is 7.15. The van der Waals surface area contributed by atoms with E-state index in [1.165, 1.54) is 24.2 Å². The lowest BCUT2D eigenvalue weighted by Crippen LogP contribution is -2.34. The molecule has 2 aliphatic heterocycles. The molecule has 0 amide bonds. The quantitative estimate of drug-likeness (QED) is 0.816. The highest BCUT2D eigenvalue weighted by Gasteiger charge is 2.41. The topological polar surface area (TPSA) is 46.8 Å². The third-order valence-corrected chi connectivity index (χ3v) is 5.64. The molecule has 0 saturated carbocycles. The van der Waals surface area contributed by atoms with Crippen molar-refractivity contribution >= 4 is 22.3 Å². The fraction of sp³-hybridized carbons (Fsp3) is 0.600. The van der Waals surface area contributed by atoms with Gasteiger partial charge < -0.3 is 4.74 Å². The first-order valence-electron chi connectivity index (χ1n) is 7.54. The molecular formula is C15H19N3O2S. The number of hydrogen-bond acceptors (Lipinski definition) is 5. The van der Waals surface area contributed by atoms with Gasteiger partial charge in [-0.3, -0.25) is 14.1 Å². The first-order chi connectivity index (χ1) is 10.2. The molecule has 2 unspecified atom stereocenters. The van der Waals surface area contributed by atoms with E-state index >= 15 is 0 Å². The van der Waals surface area contributed by atoms with E-state index in [-0.39, 0.29) is 5.97 Å². The van der Waals surface area contributed by atoms with Crippen LogP contribution in [-0.2, 0) is 22.4 Å². The first kappa shape index (κ1) is 13.3. The molecule has 4 heterocycles. The smallest absolute Gasteiger partial charge is 0.311 e. The number of ether oxygens (including phenoxy) is 1. The minimum absolute atomic E-state index is 0.159. The van der Waals surface area contributed by atoms with E-state index in [9.17, 15) is 4.79 Å². The van der Waals surface area contributed by atoms with Crippen LogP contribution in [0.1, 0.15) is 42.9 Å². The number of fused-ring (bicyclic) bond motifs is 6. The van der Waals surface area contributed by atoms with Gasteiger partial charge in [-0.15, -0.1) is 11.3 Å². The average Bonchev–Trinajstić information content (AvgIpc) is 3.05. The lowest BCUT2D eigenvalue weighted by Gasteiger charge is -2.30. The standard InChI is InChI=1S/C15H19N3O2S/c1-3-20-13(19)7-10-8-21-15-16-11-6-9-4-5-12(17(9)2)14(11)18(10)15/h8-9,12H,3-7H2,1-2H3. The van der Waals surface area contributed by atoms with Crippen LogP contribution in [0, 0.1) is 0 Å². The molecule has 2 aromatic rings. The molecular weight excluding hydrogens is 286 g/mol. The second-order valence-corrected chi connectivity index (χ2v) is 6.72. The number of aromatic nitrogens is 2. The fourth-order valence-electron chi connectivity index (χ4n) is 3.77. The molecule has 0 radical (unpaired) electrons. The molecule has 4 rings (SSSR count). The summed E-state index contributed by atoms with van der Waals surface area (Å²) in [5.41, 5.74) is 3.56. The van der Waals surface area contributed by atoms with Gasteiger partial charge in [-0.05, 0) is 26.8 Å². The van der Waals surface area contributed by atoms with Gasteiger partial charge in [0.15, 0.2) is 4.96 Å². The van der Waals surface area contributed by atoms with E-state index in [1.807, 2.05) is 12.3 Å². The monoisotopic (exact) mass is 305 g/mol. The van der Waals surface area contributed by atoms with Crippen LogP contribution < -0.4 is 0 Å². The molecule has 1 saturated heterocycles. The van der Waals surface area contributed by atoms with E-state index in [2.05, 4.69) is 16.3 Å². The fourth-order valence-corrected chi connectivity index (χ4v) is 4.68. The van der Waals surface area contributed by atoms with E-state index in [0.29, 0.717) is 25.1 Å². The highest BCUT2D eigenvalue weighted by atomic mass is 32.1. The lowest BCUT2D eigenvalue weighted by atomic mass is 10.0. The Kier molecular flexibility index (Phi) is 3.04. The second-order valence-electron chi connectivity index (χ2n) is 5.89. The number of esters is 1. The predicted octanol–water partition coefficient (Wildman–Crippen LogP) is 2.19. The molecule has 0 spiro atoms. The van der Waals surface area contributed by atoms with Crippen LogP contribution in [0.3, 0.4) is 0 Å². The molecule has 1 fully saturated rings. The van der Waals surface area contributed by atoms with Crippen molar-refractivity contribution in [2.45, 2.75) is 44.7 Å². The number of carbonyl (C=O) groups is 1. The molecule has 0 aromatic carbocycles. The number of rotatable bonds is 3. The van der Waals surface area contributed by atoms with Gasteiger partial charge in [-0.2, -0.15) is 0 Å². The van der Waals surface area contributed by atoms with Gasteiger partial charge >= 0.3 is 5.97 Å². The summed E-state index contributed by atoms with van der Waals surface area (Å²) < 4.78 is 7.30. The minimum atomic E-state index is -0.159. The van der Waals surface area contributed by atoms with Crippen LogP contribution in [0.5, 0.6) is 0 Å². The Labute approximate surface area is 127 Å². The zero-order valence-electron chi connectivity index (χ0n) is 12.3. The third kappa shape index (κ3) is 1.92. The number of nitrogens with zero attached hydrogens (tertiary/aromatic N) is 3. The summed E-state index contributed by atoms with van der Waals surface area (Å²) in [4.78, 5) is 20.1. The SMILES string of the molecule is CCOC(=O)Cc1csc2nc3c(n12)C1CCC(C3)N1C. The maximum Gasteiger partial charge on any atom is 0.311 e. The van der Waals surface area contributed by atoms with Crippen molar-refractivity contribution in [3.05, 3.63) is 22.5 Å². The van der Waals surface area contributed by atoms with E-state index in [1.54, 1.807) is 11.3 Å². The summed E-state index contributed by atoms with van der Waals surface area (Å²) in [6.45, 7) is 2.27. The molecule has 2 aliphatic rings. The van der Waals surface area contributed by atoms with Crippen molar-refractivity contribution in [3.8, 4) is 0 Å². The molecule has 6 heteroatoms. The highest BCUT2D eigenvalue weighted by Crippen LogP contribution is 2.43. The Morgan fingerprint density at radius 3 is 3.19 bits per heavy atom. The lowest BCUT2D eigenvalue weighted by molar-refractivity contribution is -0.142. The number of thiazole rings is 1. The van der Waals surface area contributed by atoms with Crippen molar-refractivity contribution in [1.29, 1.82) is 0 Å². The number of likely N-dealkylation sites (N-methyl/N-ethyl adjacent to an activating group) is 1.